The molecule has 0 amide bonds. The molecule has 0 bridgehead atoms. The first kappa shape index (κ1) is 28.2. The molecule has 0 aliphatic rings. The number of hydrogen-bond donors (Lipinski definition) is 0. The zero-order valence-corrected chi connectivity index (χ0v) is 27.0. The average Bonchev–Trinajstić information content (AvgIpc) is 3.72. The Balaban J connectivity index is 1.32. The molecule has 0 saturated heterocycles. The van der Waals surface area contributed by atoms with Gasteiger partial charge in [0.15, 0.2) is 11.6 Å². The van der Waals surface area contributed by atoms with Gasteiger partial charge in [-0.25, -0.2) is 4.98 Å². The highest BCUT2D eigenvalue weighted by molar-refractivity contribution is 6.23. The number of rotatable bonds is 5. The molecule has 0 atom stereocenters. The third-order valence-electron chi connectivity index (χ3n) is 9.59. The summed E-state index contributed by atoms with van der Waals surface area (Å²) >= 11 is 0. The van der Waals surface area contributed by atoms with E-state index in [1.807, 2.05) is 36.4 Å². The molecule has 0 saturated carbocycles. The lowest BCUT2D eigenvalue weighted by atomic mass is 10.1. The van der Waals surface area contributed by atoms with Crippen molar-refractivity contribution < 1.29 is 0 Å². The van der Waals surface area contributed by atoms with Crippen molar-refractivity contribution in [1.82, 2.24) is 24.1 Å². The molecule has 3 heterocycles. The van der Waals surface area contributed by atoms with Crippen LogP contribution in [0.5, 0.6) is 0 Å². The van der Waals surface area contributed by atoms with Gasteiger partial charge in [-0.2, -0.15) is 9.97 Å². The van der Waals surface area contributed by atoms with Crippen LogP contribution in [0, 0.1) is 0 Å². The van der Waals surface area contributed by atoms with Crippen LogP contribution in [-0.4, -0.2) is 24.1 Å². The maximum Gasteiger partial charge on any atom is 0.238 e. The Bertz CT molecular complexity index is 2780. The highest BCUT2D eigenvalue weighted by Crippen LogP contribution is 2.41. The zero-order valence-electron chi connectivity index (χ0n) is 27.0. The summed E-state index contributed by atoms with van der Waals surface area (Å²) in [5.74, 6) is 1.84. The van der Waals surface area contributed by atoms with Crippen molar-refractivity contribution in [1.29, 1.82) is 0 Å². The van der Waals surface area contributed by atoms with Gasteiger partial charge in [0.1, 0.15) is 0 Å². The van der Waals surface area contributed by atoms with Gasteiger partial charge in [-0.3, -0.25) is 4.57 Å². The molecule has 0 spiro atoms. The van der Waals surface area contributed by atoms with Crippen molar-refractivity contribution in [2.24, 2.45) is 0 Å². The monoisotopic (exact) mass is 639 g/mol. The van der Waals surface area contributed by atoms with Crippen LogP contribution in [-0.2, 0) is 0 Å². The molecular formula is C45H29N5. The summed E-state index contributed by atoms with van der Waals surface area (Å²) in [6.07, 6.45) is 0. The van der Waals surface area contributed by atoms with Crippen LogP contribution in [0.3, 0.4) is 0 Å². The molecule has 50 heavy (non-hydrogen) atoms. The fourth-order valence-electron chi connectivity index (χ4n) is 7.31. The van der Waals surface area contributed by atoms with Gasteiger partial charge in [0.05, 0.1) is 22.1 Å². The third kappa shape index (κ3) is 4.45. The third-order valence-corrected chi connectivity index (χ3v) is 9.59. The minimum absolute atomic E-state index is 0.577. The van der Waals surface area contributed by atoms with Gasteiger partial charge in [0.2, 0.25) is 5.95 Å². The Morgan fingerprint density at radius 3 is 1.26 bits per heavy atom. The van der Waals surface area contributed by atoms with E-state index in [-0.39, 0.29) is 0 Å². The van der Waals surface area contributed by atoms with Gasteiger partial charge in [0, 0.05) is 38.4 Å². The average molecular weight is 640 g/mol. The lowest BCUT2D eigenvalue weighted by molar-refractivity contribution is 0.953. The van der Waals surface area contributed by atoms with Crippen molar-refractivity contribution in [2.45, 2.75) is 0 Å². The first-order valence-electron chi connectivity index (χ1n) is 16.8. The van der Waals surface area contributed by atoms with E-state index in [2.05, 4.69) is 149 Å². The van der Waals surface area contributed by atoms with Gasteiger partial charge < -0.3 is 4.57 Å². The maximum atomic E-state index is 5.21. The number of hydrogen-bond acceptors (Lipinski definition) is 3. The molecule has 0 aliphatic carbocycles. The fraction of sp³-hybridized carbons (Fsp3) is 0. The second-order valence-electron chi connectivity index (χ2n) is 12.5. The van der Waals surface area contributed by atoms with E-state index in [1.165, 1.54) is 21.9 Å². The Morgan fingerprint density at radius 1 is 0.300 bits per heavy atom. The summed E-state index contributed by atoms with van der Waals surface area (Å²) < 4.78 is 4.63. The summed E-state index contributed by atoms with van der Waals surface area (Å²) in [4.78, 5) is 15.4. The van der Waals surface area contributed by atoms with E-state index in [4.69, 9.17) is 15.0 Å². The summed E-state index contributed by atoms with van der Waals surface area (Å²) in [5.41, 5.74) is 9.68. The Hall–Kier alpha value is -6.85. The largest absolute Gasteiger partial charge is 0.307 e. The summed E-state index contributed by atoms with van der Waals surface area (Å²) in [7, 11) is 0. The van der Waals surface area contributed by atoms with Crippen LogP contribution < -0.4 is 0 Å². The first-order chi connectivity index (χ1) is 24.8. The molecule has 3 aromatic heterocycles. The topological polar surface area (TPSA) is 48.5 Å². The summed E-state index contributed by atoms with van der Waals surface area (Å²) in [5, 5.41) is 4.65. The molecule has 5 nitrogen and oxygen atoms in total. The number of para-hydroxylation sites is 2. The van der Waals surface area contributed by atoms with Gasteiger partial charge >= 0.3 is 0 Å². The smallest absolute Gasteiger partial charge is 0.238 e. The van der Waals surface area contributed by atoms with E-state index in [0.29, 0.717) is 17.6 Å². The molecule has 234 valence electrons. The van der Waals surface area contributed by atoms with Crippen molar-refractivity contribution in [3.05, 3.63) is 176 Å². The predicted molar refractivity (Wildman–Crippen MR) is 205 cm³/mol. The van der Waals surface area contributed by atoms with Crippen molar-refractivity contribution >= 4 is 43.6 Å². The number of aromatic nitrogens is 5. The molecule has 0 fully saturated rings. The number of fused-ring (bicyclic) bond motifs is 7. The van der Waals surface area contributed by atoms with Gasteiger partial charge in [-0.05, 0) is 35.4 Å². The molecule has 0 aliphatic heterocycles. The maximum absolute atomic E-state index is 5.21. The molecule has 0 radical (unpaired) electrons. The highest BCUT2D eigenvalue weighted by atomic mass is 15.2. The molecule has 5 heteroatoms. The first-order valence-corrected chi connectivity index (χ1v) is 16.8. The van der Waals surface area contributed by atoms with E-state index in [9.17, 15) is 0 Å². The quantitative estimate of drug-likeness (QED) is 0.188. The Morgan fingerprint density at radius 2 is 0.720 bits per heavy atom. The van der Waals surface area contributed by atoms with Crippen LogP contribution in [0.2, 0.25) is 0 Å². The van der Waals surface area contributed by atoms with Crippen molar-refractivity contribution in [2.75, 3.05) is 0 Å². The molecule has 0 unspecified atom stereocenters. The lowest BCUT2D eigenvalue weighted by Crippen LogP contribution is -2.07. The Kier molecular flexibility index (Phi) is 6.42. The van der Waals surface area contributed by atoms with E-state index >= 15 is 0 Å². The lowest BCUT2D eigenvalue weighted by Gasteiger charge is -2.13. The van der Waals surface area contributed by atoms with E-state index < -0.39 is 0 Å². The van der Waals surface area contributed by atoms with Crippen LogP contribution in [0.1, 0.15) is 0 Å². The number of benzene rings is 7. The van der Waals surface area contributed by atoms with Crippen LogP contribution in [0.4, 0.5) is 0 Å². The second kappa shape index (κ2) is 11.4. The highest BCUT2D eigenvalue weighted by Gasteiger charge is 2.23. The predicted octanol–water partition coefficient (Wildman–Crippen LogP) is 11.1. The van der Waals surface area contributed by atoms with E-state index in [0.717, 1.165) is 49.7 Å². The minimum atomic E-state index is 0.577. The van der Waals surface area contributed by atoms with Gasteiger partial charge in [0.25, 0.3) is 0 Å². The normalized spacial score (nSPS) is 11.6. The summed E-state index contributed by atoms with van der Waals surface area (Å²) in [6.45, 7) is 0. The Labute approximate surface area is 288 Å². The van der Waals surface area contributed by atoms with E-state index in [1.54, 1.807) is 0 Å². The second-order valence-corrected chi connectivity index (χ2v) is 12.5. The fourth-order valence-corrected chi connectivity index (χ4v) is 7.31. The van der Waals surface area contributed by atoms with Crippen molar-refractivity contribution in [3.63, 3.8) is 0 Å². The van der Waals surface area contributed by atoms with Crippen molar-refractivity contribution in [3.8, 4) is 45.5 Å². The zero-order chi connectivity index (χ0) is 33.0. The molecular weight excluding hydrogens is 611 g/mol. The standard InChI is InChI=1S/C45H29N5/c1-4-14-30(15-5-1)31-24-26-34(27-25-31)49-39-22-12-10-20-35(39)37-28-29-38-36-21-11-13-23-40(36)50(42(38)41(37)49)45-47-43(32-16-6-2-7-17-32)46-44(48-45)33-18-8-3-9-19-33/h1-29H. The summed E-state index contributed by atoms with van der Waals surface area (Å²) in [6, 6.07) is 61.4. The van der Waals surface area contributed by atoms with Crippen LogP contribution in [0.25, 0.3) is 89.2 Å². The van der Waals surface area contributed by atoms with Crippen LogP contribution >= 0.6 is 0 Å². The molecule has 7 aromatic carbocycles. The minimum Gasteiger partial charge on any atom is -0.307 e. The van der Waals surface area contributed by atoms with Gasteiger partial charge in [-0.15, -0.1) is 0 Å². The van der Waals surface area contributed by atoms with Gasteiger partial charge in [-0.1, -0.05) is 152 Å². The molecule has 0 N–H and O–H groups in total. The number of nitrogens with zero attached hydrogens (tertiary/aromatic N) is 5. The van der Waals surface area contributed by atoms with Crippen LogP contribution in [0.15, 0.2) is 176 Å². The SMILES string of the molecule is c1ccc(-c2ccc(-n3c4ccccc4c4ccc5c6ccccc6n(-c6nc(-c7ccccc7)nc(-c7ccccc7)n6)c5c43)cc2)cc1. The molecule has 10 rings (SSSR count). The molecule has 10 aromatic rings.